The zero-order chi connectivity index (χ0) is 23.5. The van der Waals surface area contributed by atoms with Crippen molar-refractivity contribution in [1.82, 2.24) is 20.0 Å². The summed E-state index contributed by atoms with van der Waals surface area (Å²) >= 11 is 0. The van der Waals surface area contributed by atoms with E-state index in [1.807, 2.05) is 42.5 Å². The van der Waals surface area contributed by atoms with Crippen molar-refractivity contribution >= 4 is 5.91 Å². The number of benzene rings is 2. The van der Waals surface area contributed by atoms with Crippen molar-refractivity contribution in [2.75, 3.05) is 13.6 Å². The Balaban J connectivity index is 1.74. The summed E-state index contributed by atoms with van der Waals surface area (Å²) in [5.41, 5.74) is 6.31. The second kappa shape index (κ2) is 9.87. The molecule has 4 rings (SSSR count). The monoisotopic (exact) mass is 448 g/mol. The van der Waals surface area contributed by atoms with Gasteiger partial charge in [0.2, 0.25) is 5.91 Å². The molecule has 5 nitrogen and oxygen atoms in total. The maximum absolute atomic E-state index is 13.8. The number of halogens is 1. The zero-order valence-corrected chi connectivity index (χ0v) is 19.9. The third-order valence-electron chi connectivity index (χ3n) is 6.79. The molecule has 0 saturated heterocycles. The fourth-order valence-corrected chi connectivity index (χ4v) is 5.21. The number of likely N-dealkylation sites (N-methyl/N-ethyl adjacent to an activating group) is 1. The number of fused-ring (bicyclic) bond motifs is 1. The lowest BCUT2D eigenvalue weighted by atomic mass is 9.88. The van der Waals surface area contributed by atoms with Gasteiger partial charge in [-0.25, -0.2) is 4.39 Å². The topological polar surface area (TPSA) is 50.2 Å². The lowest BCUT2D eigenvalue weighted by molar-refractivity contribution is -0.127. The molecule has 174 valence electrons. The lowest BCUT2D eigenvalue weighted by Crippen LogP contribution is -2.45. The van der Waals surface area contributed by atoms with Crippen LogP contribution in [0.3, 0.4) is 0 Å². The van der Waals surface area contributed by atoms with E-state index in [0.717, 1.165) is 49.2 Å². The SMILES string of the molecule is CCn1nc(C)c2c1CCN(C(C(=O)NC)c1ccccc1)C2CCc1ccc(F)c(C)c1. The van der Waals surface area contributed by atoms with Gasteiger partial charge in [0.25, 0.3) is 0 Å². The molecule has 0 aliphatic carbocycles. The minimum atomic E-state index is -0.381. The van der Waals surface area contributed by atoms with Crippen molar-refractivity contribution < 1.29 is 9.18 Å². The maximum Gasteiger partial charge on any atom is 0.241 e. The largest absolute Gasteiger partial charge is 0.358 e. The highest BCUT2D eigenvalue weighted by molar-refractivity contribution is 5.83. The van der Waals surface area contributed by atoms with E-state index in [-0.39, 0.29) is 23.8 Å². The highest BCUT2D eigenvalue weighted by Crippen LogP contribution is 2.40. The average Bonchev–Trinajstić information content (AvgIpc) is 3.16. The van der Waals surface area contributed by atoms with Gasteiger partial charge in [0, 0.05) is 43.9 Å². The van der Waals surface area contributed by atoms with E-state index >= 15 is 0 Å². The molecule has 0 radical (unpaired) electrons. The van der Waals surface area contributed by atoms with Crippen LogP contribution in [-0.2, 0) is 24.2 Å². The molecule has 3 aromatic rings. The molecule has 2 atom stereocenters. The van der Waals surface area contributed by atoms with E-state index in [0.29, 0.717) is 5.56 Å². The molecular weight excluding hydrogens is 415 g/mol. The van der Waals surface area contributed by atoms with Crippen LogP contribution in [-0.4, -0.2) is 34.2 Å². The molecule has 2 unspecified atom stereocenters. The third kappa shape index (κ3) is 4.58. The van der Waals surface area contributed by atoms with Crippen LogP contribution >= 0.6 is 0 Å². The highest BCUT2D eigenvalue weighted by Gasteiger charge is 2.39. The first-order valence-corrected chi connectivity index (χ1v) is 11.8. The minimum absolute atomic E-state index is 0.00665. The number of carbonyl (C=O) groups is 1. The van der Waals surface area contributed by atoms with E-state index < -0.39 is 0 Å². The van der Waals surface area contributed by atoms with Crippen molar-refractivity contribution in [3.05, 3.63) is 88.0 Å². The standard InChI is InChI=1S/C27H33FN4O/c1-5-32-24-15-16-31(26(27(33)29-4)21-9-7-6-8-10-21)23(25(24)19(3)30-32)14-12-20-11-13-22(28)18(2)17-20/h6-11,13,17,23,26H,5,12,14-16H2,1-4H3,(H,29,33). The Morgan fingerprint density at radius 2 is 1.97 bits per heavy atom. The molecule has 0 bridgehead atoms. The molecule has 0 spiro atoms. The fourth-order valence-electron chi connectivity index (χ4n) is 5.21. The zero-order valence-electron chi connectivity index (χ0n) is 19.9. The van der Waals surface area contributed by atoms with E-state index in [1.165, 1.54) is 11.3 Å². The molecule has 33 heavy (non-hydrogen) atoms. The summed E-state index contributed by atoms with van der Waals surface area (Å²) in [6.07, 6.45) is 2.48. The summed E-state index contributed by atoms with van der Waals surface area (Å²) in [4.78, 5) is 15.5. The predicted octanol–water partition coefficient (Wildman–Crippen LogP) is 4.68. The summed E-state index contributed by atoms with van der Waals surface area (Å²) in [6, 6.07) is 15.0. The Labute approximate surface area is 195 Å². The van der Waals surface area contributed by atoms with Gasteiger partial charge in [0.1, 0.15) is 11.9 Å². The molecule has 1 aromatic heterocycles. The van der Waals surface area contributed by atoms with Gasteiger partial charge in [-0.3, -0.25) is 14.4 Å². The first-order chi connectivity index (χ1) is 15.9. The smallest absolute Gasteiger partial charge is 0.241 e. The average molecular weight is 449 g/mol. The van der Waals surface area contributed by atoms with Gasteiger partial charge in [0.05, 0.1) is 5.69 Å². The Morgan fingerprint density at radius 1 is 1.21 bits per heavy atom. The van der Waals surface area contributed by atoms with Crippen LogP contribution in [0.25, 0.3) is 0 Å². The first kappa shape index (κ1) is 23.2. The number of nitrogens with zero attached hydrogens (tertiary/aromatic N) is 3. The number of aryl methyl sites for hydroxylation is 4. The summed E-state index contributed by atoms with van der Waals surface area (Å²) in [5, 5.41) is 7.69. The fraction of sp³-hybridized carbons (Fsp3) is 0.407. The molecule has 2 heterocycles. The second-order valence-corrected chi connectivity index (χ2v) is 8.81. The summed E-state index contributed by atoms with van der Waals surface area (Å²) in [6.45, 7) is 7.60. The number of nitrogens with one attached hydrogen (secondary N) is 1. The van der Waals surface area contributed by atoms with Gasteiger partial charge >= 0.3 is 0 Å². The minimum Gasteiger partial charge on any atom is -0.358 e. The molecule has 1 amide bonds. The van der Waals surface area contributed by atoms with Crippen molar-refractivity contribution in [3.8, 4) is 0 Å². The molecule has 0 fully saturated rings. The van der Waals surface area contributed by atoms with Crippen LogP contribution in [0.2, 0.25) is 0 Å². The van der Waals surface area contributed by atoms with Crippen LogP contribution in [0, 0.1) is 19.7 Å². The van der Waals surface area contributed by atoms with E-state index in [2.05, 4.69) is 28.7 Å². The number of amides is 1. The first-order valence-electron chi connectivity index (χ1n) is 11.8. The second-order valence-electron chi connectivity index (χ2n) is 8.81. The maximum atomic E-state index is 13.8. The molecule has 1 aliphatic rings. The number of hydrogen-bond acceptors (Lipinski definition) is 3. The van der Waals surface area contributed by atoms with Gasteiger partial charge in [-0.05, 0) is 56.4 Å². The molecule has 2 aromatic carbocycles. The van der Waals surface area contributed by atoms with Gasteiger partial charge in [-0.1, -0.05) is 42.5 Å². The molecule has 0 saturated carbocycles. The van der Waals surface area contributed by atoms with Gasteiger partial charge in [-0.2, -0.15) is 5.10 Å². The van der Waals surface area contributed by atoms with Crippen LogP contribution in [0.1, 0.15) is 59.1 Å². The Hall–Kier alpha value is -2.99. The van der Waals surface area contributed by atoms with Gasteiger partial charge in [0.15, 0.2) is 0 Å². The van der Waals surface area contributed by atoms with Gasteiger partial charge < -0.3 is 5.32 Å². The van der Waals surface area contributed by atoms with Crippen molar-refractivity contribution in [1.29, 1.82) is 0 Å². The van der Waals surface area contributed by atoms with E-state index in [4.69, 9.17) is 5.10 Å². The van der Waals surface area contributed by atoms with Crippen molar-refractivity contribution in [2.45, 2.75) is 58.7 Å². The molecular formula is C27H33FN4O. The number of aromatic nitrogens is 2. The third-order valence-corrected chi connectivity index (χ3v) is 6.79. The lowest BCUT2D eigenvalue weighted by Gasteiger charge is -2.41. The van der Waals surface area contributed by atoms with Crippen molar-refractivity contribution in [3.63, 3.8) is 0 Å². The van der Waals surface area contributed by atoms with E-state index in [1.54, 1.807) is 20.0 Å². The van der Waals surface area contributed by atoms with Gasteiger partial charge in [-0.15, -0.1) is 0 Å². The molecule has 1 N–H and O–H groups in total. The Bertz CT molecular complexity index is 1120. The van der Waals surface area contributed by atoms with Crippen LogP contribution in [0.4, 0.5) is 4.39 Å². The van der Waals surface area contributed by atoms with Crippen molar-refractivity contribution in [2.24, 2.45) is 0 Å². The number of rotatable bonds is 7. The summed E-state index contributed by atoms with van der Waals surface area (Å²) < 4.78 is 15.9. The Kier molecular flexibility index (Phi) is 6.94. The van der Waals surface area contributed by atoms with Crippen LogP contribution in [0.15, 0.2) is 48.5 Å². The van der Waals surface area contributed by atoms with Crippen LogP contribution < -0.4 is 5.32 Å². The summed E-state index contributed by atoms with van der Waals surface area (Å²) in [5.74, 6) is -0.183. The normalized spacial score (nSPS) is 16.9. The molecule has 1 aliphatic heterocycles. The quantitative estimate of drug-likeness (QED) is 0.571. The molecule has 6 heteroatoms. The van der Waals surface area contributed by atoms with Crippen LogP contribution in [0.5, 0.6) is 0 Å². The number of carbonyl (C=O) groups excluding carboxylic acids is 1. The Morgan fingerprint density at radius 3 is 2.64 bits per heavy atom. The predicted molar refractivity (Wildman–Crippen MR) is 128 cm³/mol. The highest BCUT2D eigenvalue weighted by atomic mass is 19.1. The summed E-state index contributed by atoms with van der Waals surface area (Å²) in [7, 11) is 1.70. The number of hydrogen-bond donors (Lipinski definition) is 1. The van der Waals surface area contributed by atoms with E-state index in [9.17, 15) is 9.18 Å².